The van der Waals surface area contributed by atoms with E-state index >= 15 is 0 Å². The van der Waals surface area contributed by atoms with Crippen molar-refractivity contribution in [2.45, 2.75) is 6.54 Å². The number of ketones is 1. The molecule has 0 N–H and O–H groups in total. The van der Waals surface area contributed by atoms with Gasteiger partial charge in [-0.15, -0.1) is 17.0 Å². The summed E-state index contributed by atoms with van der Waals surface area (Å²) in [5.74, 6) is 0.0638. The monoisotopic (exact) mass is 431 g/mol. The maximum absolute atomic E-state index is 12.6. The van der Waals surface area contributed by atoms with Crippen molar-refractivity contribution in [3.63, 3.8) is 0 Å². The van der Waals surface area contributed by atoms with Crippen LogP contribution >= 0.6 is 17.0 Å². The van der Waals surface area contributed by atoms with E-state index in [9.17, 15) is 4.79 Å². The third-order valence-electron chi connectivity index (χ3n) is 4.48. The first-order valence-electron chi connectivity index (χ1n) is 8.89. The van der Waals surface area contributed by atoms with E-state index in [1.165, 1.54) is 0 Å². The number of benzene rings is 3. The molecule has 0 atom stereocenters. The van der Waals surface area contributed by atoms with Crippen LogP contribution in [0.15, 0.2) is 104 Å². The largest absolute Gasteiger partial charge is 0.290 e. The summed E-state index contributed by atoms with van der Waals surface area (Å²) in [5, 5.41) is 0. The van der Waals surface area contributed by atoms with Crippen molar-refractivity contribution in [2.75, 3.05) is 0 Å². The molecule has 4 rings (SSSR count). The second-order valence-corrected chi connectivity index (χ2v) is 6.35. The normalized spacial score (nSPS) is 10.1. The highest BCUT2D eigenvalue weighted by atomic mass is 79.9. The standard InChI is InChI=1S/C24H19N2O.BrH/c27-24(22-13-11-20(12-14-22)19-7-3-1-4-8-19)17-26-16-15-23(25-18-26)21-9-5-2-6-10-21;/h1-16,18H,17H2;1H/q+1;. The van der Waals surface area contributed by atoms with E-state index in [1.807, 2.05) is 85.1 Å². The molecule has 0 amide bonds. The lowest BCUT2D eigenvalue weighted by Gasteiger charge is -2.04. The van der Waals surface area contributed by atoms with Gasteiger partial charge in [0.25, 0.3) is 6.33 Å². The molecule has 0 bridgehead atoms. The first-order chi connectivity index (χ1) is 13.3. The maximum atomic E-state index is 12.6. The van der Waals surface area contributed by atoms with Crippen LogP contribution in [0.4, 0.5) is 0 Å². The number of carbonyl (C=O) groups excluding carboxylic acids is 1. The van der Waals surface area contributed by atoms with E-state index < -0.39 is 0 Å². The summed E-state index contributed by atoms with van der Waals surface area (Å²) in [6, 6.07) is 29.8. The van der Waals surface area contributed by atoms with Gasteiger partial charge in [0.1, 0.15) is 0 Å². The van der Waals surface area contributed by atoms with Crippen molar-refractivity contribution < 1.29 is 9.36 Å². The molecule has 3 aromatic carbocycles. The van der Waals surface area contributed by atoms with Gasteiger partial charge in [0.05, 0.1) is 6.20 Å². The molecule has 0 radical (unpaired) electrons. The van der Waals surface area contributed by atoms with Gasteiger partial charge in [-0.1, -0.05) is 84.9 Å². The molecule has 0 aliphatic carbocycles. The Hall–Kier alpha value is -3.11. The number of halogens is 1. The Bertz CT molecular complexity index is 1030. The first-order valence-corrected chi connectivity index (χ1v) is 8.89. The Morgan fingerprint density at radius 2 is 1.29 bits per heavy atom. The predicted octanol–water partition coefficient (Wildman–Crippen LogP) is 5.16. The SMILES string of the molecule is Br.O=C(C[n+]1ccc(-c2ccccc2)nc1)c1ccc(-c2ccccc2)cc1. The Kier molecular flexibility index (Phi) is 6.45. The molecule has 0 fully saturated rings. The van der Waals surface area contributed by atoms with Crippen molar-refractivity contribution in [3.8, 4) is 22.4 Å². The van der Waals surface area contributed by atoms with Crippen LogP contribution in [-0.4, -0.2) is 10.8 Å². The van der Waals surface area contributed by atoms with Crippen LogP contribution in [0, 0.1) is 0 Å². The summed E-state index contributed by atoms with van der Waals surface area (Å²) < 4.78 is 1.81. The van der Waals surface area contributed by atoms with Crippen LogP contribution in [0.1, 0.15) is 10.4 Å². The predicted molar refractivity (Wildman–Crippen MR) is 116 cm³/mol. The average molecular weight is 432 g/mol. The minimum absolute atomic E-state index is 0. The molecule has 0 aliphatic heterocycles. The van der Waals surface area contributed by atoms with Crippen molar-refractivity contribution in [1.82, 2.24) is 4.98 Å². The quantitative estimate of drug-likeness (QED) is 0.322. The third-order valence-corrected chi connectivity index (χ3v) is 4.48. The van der Waals surface area contributed by atoms with Crippen LogP contribution in [0.2, 0.25) is 0 Å². The Labute approximate surface area is 175 Å². The Morgan fingerprint density at radius 1 is 0.714 bits per heavy atom. The van der Waals surface area contributed by atoms with Crippen molar-refractivity contribution in [1.29, 1.82) is 0 Å². The van der Waals surface area contributed by atoms with E-state index in [2.05, 4.69) is 17.1 Å². The average Bonchev–Trinajstić information content (AvgIpc) is 2.76. The number of carbonyl (C=O) groups is 1. The number of hydrogen-bond donors (Lipinski definition) is 0. The molecule has 4 heteroatoms. The van der Waals surface area contributed by atoms with Gasteiger partial charge in [-0.05, 0) is 16.1 Å². The molecule has 1 aromatic heterocycles. The second kappa shape index (κ2) is 9.20. The lowest BCUT2D eigenvalue weighted by molar-refractivity contribution is -0.686. The van der Waals surface area contributed by atoms with Crippen molar-refractivity contribution in [2.24, 2.45) is 0 Å². The van der Waals surface area contributed by atoms with Gasteiger partial charge in [0, 0.05) is 17.2 Å². The zero-order valence-electron chi connectivity index (χ0n) is 15.2. The van der Waals surface area contributed by atoms with Crippen LogP contribution < -0.4 is 4.57 Å². The van der Waals surface area contributed by atoms with Crippen molar-refractivity contribution in [3.05, 3.63) is 109 Å². The highest BCUT2D eigenvalue weighted by molar-refractivity contribution is 8.93. The molecule has 28 heavy (non-hydrogen) atoms. The van der Waals surface area contributed by atoms with Gasteiger partial charge in [-0.3, -0.25) is 4.79 Å². The fraction of sp³-hybridized carbons (Fsp3) is 0.0417. The molecule has 4 aromatic rings. The molecule has 138 valence electrons. The van der Waals surface area contributed by atoms with Gasteiger partial charge in [-0.2, -0.15) is 0 Å². The van der Waals surface area contributed by atoms with Crippen LogP contribution in [0.5, 0.6) is 0 Å². The molecule has 1 heterocycles. The van der Waals surface area contributed by atoms with E-state index in [4.69, 9.17) is 0 Å². The van der Waals surface area contributed by atoms with Gasteiger partial charge < -0.3 is 0 Å². The van der Waals surface area contributed by atoms with E-state index in [1.54, 1.807) is 10.9 Å². The number of aromatic nitrogens is 2. The summed E-state index contributed by atoms with van der Waals surface area (Å²) in [6.45, 7) is 0.271. The second-order valence-electron chi connectivity index (χ2n) is 6.35. The number of rotatable bonds is 5. The van der Waals surface area contributed by atoms with Gasteiger partial charge >= 0.3 is 0 Å². The van der Waals surface area contributed by atoms with E-state index in [-0.39, 0.29) is 29.3 Å². The zero-order chi connectivity index (χ0) is 18.5. The van der Waals surface area contributed by atoms with Gasteiger partial charge in [0.15, 0.2) is 12.2 Å². The molecule has 0 spiro atoms. The third kappa shape index (κ3) is 4.59. The molecule has 3 nitrogen and oxygen atoms in total. The zero-order valence-corrected chi connectivity index (χ0v) is 16.9. The fourth-order valence-electron chi connectivity index (χ4n) is 2.99. The number of Topliss-reactive ketones (excluding diaryl/α,β-unsaturated/α-hetero) is 1. The lowest BCUT2D eigenvalue weighted by Crippen LogP contribution is -2.37. The minimum Gasteiger partial charge on any atom is -0.290 e. The molecule has 0 aliphatic rings. The van der Waals surface area contributed by atoms with Crippen LogP contribution in [0.25, 0.3) is 22.4 Å². The summed E-state index contributed by atoms with van der Waals surface area (Å²) >= 11 is 0. The fourth-order valence-corrected chi connectivity index (χ4v) is 2.99. The maximum Gasteiger partial charge on any atom is 0.287 e. The summed E-state index contributed by atoms with van der Waals surface area (Å²) in [6.07, 6.45) is 3.60. The van der Waals surface area contributed by atoms with Crippen molar-refractivity contribution >= 4 is 22.8 Å². The highest BCUT2D eigenvalue weighted by Gasteiger charge is 2.12. The highest BCUT2D eigenvalue weighted by Crippen LogP contribution is 2.19. The van der Waals surface area contributed by atoms with Crippen LogP contribution in [0.3, 0.4) is 0 Å². The number of hydrogen-bond acceptors (Lipinski definition) is 2. The first kappa shape index (κ1) is 19.6. The van der Waals surface area contributed by atoms with Gasteiger partial charge in [0.2, 0.25) is 5.78 Å². The topological polar surface area (TPSA) is 33.8 Å². The van der Waals surface area contributed by atoms with Crippen LogP contribution in [-0.2, 0) is 6.54 Å². The van der Waals surface area contributed by atoms with Gasteiger partial charge in [-0.25, -0.2) is 4.57 Å². The minimum atomic E-state index is 0. The molecule has 0 unspecified atom stereocenters. The van der Waals surface area contributed by atoms with E-state index in [0.29, 0.717) is 5.56 Å². The Balaban J connectivity index is 0.00000225. The molecular formula is C24H20BrN2O+. The summed E-state index contributed by atoms with van der Waals surface area (Å²) in [5.41, 5.74) is 4.91. The molecule has 0 saturated carbocycles. The summed E-state index contributed by atoms with van der Waals surface area (Å²) in [7, 11) is 0. The summed E-state index contributed by atoms with van der Waals surface area (Å²) in [4.78, 5) is 17.0. The lowest BCUT2D eigenvalue weighted by atomic mass is 10.0. The molecule has 0 saturated heterocycles. The molecular weight excluding hydrogens is 412 g/mol. The smallest absolute Gasteiger partial charge is 0.287 e. The van der Waals surface area contributed by atoms with E-state index in [0.717, 1.165) is 22.4 Å². The Morgan fingerprint density at radius 3 is 1.86 bits per heavy atom. The number of nitrogens with zero attached hydrogens (tertiary/aromatic N) is 2.